The first-order valence-corrected chi connectivity index (χ1v) is 7.94. The summed E-state index contributed by atoms with van der Waals surface area (Å²) in [5, 5.41) is 6.86. The van der Waals surface area contributed by atoms with Crippen LogP contribution in [0, 0.1) is 5.92 Å². The van der Waals surface area contributed by atoms with Gasteiger partial charge in [0.05, 0.1) is 13.7 Å². The first-order chi connectivity index (χ1) is 10.3. The normalized spacial score (nSPS) is 20.0. The number of aliphatic imine (C=N–C) groups is 1. The van der Waals surface area contributed by atoms with E-state index in [9.17, 15) is 0 Å². The molecule has 0 spiro atoms. The molecule has 5 heteroatoms. The highest BCUT2D eigenvalue weighted by Crippen LogP contribution is 2.34. The monoisotopic (exact) mass is 417 g/mol. The van der Waals surface area contributed by atoms with E-state index in [4.69, 9.17) is 4.74 Å². The molecule has 0 heterocycles. The summed E-state index contributed by atoms with van der Waals surface area (Å²) >= 11 is 0. The average molecular weight is 417 g/mol. The molecule has 0 saturated heterocycles. The Morgan fingerprint density at radius 2 is 2.00 bits per heavy atom. The summed E-state index contributed by atoms with van der Waals surface area (Å²) < 4.78 is 5.17. The molecule has 0 aromatic heterocycles. The van der Waals surface area contributed by atoms with Crippen molar-refractivity contribution in [3.8, 4) is 5.75 Å². The molecule has 1 aromatic carbocycles. The predicted octanol–water partition coefficient (Wildman–Crippen LogP) is 3.56. The molecular formula is C17H28IN3O. The van der Waals surface area contributed by atoms with Gasteiger partial charge in [0.1, 0.15) is 5.75 Å². The van der Waals surface area contributed by atoms with Crippen molar-refractivity contribution in [3.63, 3.8) is 0 Å². The van der Waals surface area contributed by atoms with Crippen molar-refractivity contribution in [2.24, 2.45) is 10.9 Å². The lowest BCUT2D eigenvalue weighted by atomic mass is 10.2. The van der Waals surface area contributed by atoms with E-state index in [1.807, 2.05) is 12.1 Å². The lowest BCUT2D eigenvalue weighted by Gasteiger charge is -2.11. The lowest BCUT2D eigenvalue weighted by Crippen LogP contribution is -2.39. The van der Waals surface area contributed by atoms with Gasteiger partial charge in [-0.15, -0.1) is 24.0 Å². The third-order valence-electron chi connectivity index (χ3n) is 3.83. The highest BCUT2D eigenvalue weighted by molar-refractivity contribution is 14.0. The Balaban J connectivity index is 0.00000242. The van der Waals surface area contributed by atoms with Gasteiger partial charge in [-0.25, -0.2) is 4.99 Å². The van der Waals surface area contributed by atoms with E-state index in [2.05, 4.69) is 41.6 Å². The molecule has 2 N–H and O–H groups in total. The second kappa shape index (κ2) is 9.92. The van der Waals surface area contributed by atoms with Crippen LogP contribution in [-0.4, -0.2) is 25.7 Å². The number of nitrogens with zero attached hydrogens (tertiary/aromatic N) is 1. The second-order valence-electron chi connectivity index (χ2n) is 5.58. The fourth-order valence-electron chi connectivity index (χ4n) is 2.51. The maximum absolute atomic E-state index is 5.17. The predicted molar refractivity (Wildman–Crippen MR) is 103 cm³/mol. The Morgan fingerprint density at radius 3 is 2.59 bits per heavy atom. The van der Waals surface area contributed by atoms with E-state index in [1.54, 1.807) is 7.11 Å². The summed E-state index contributed by atoms with van der Waals surface area (Å²) in [5.41, 5.74) is 1.19. The van der Waals surface area contributed by atoms with Crippen molar-refractivity contribution in [3.05, 3.63) is 29.8 Å². The molecule has 0 aliphatic heterocycles. The molecule has 0 amide bonds. The number of rotatable bonds is 7. The third kappa shape index (κ3) is 6.02. The van der Waals surface area contributed by atoms with Crippen LogP contribution in [0.4, 0.5) is 0 Å². The fraction of sp³-hybridized carbons (Fsp3) is 0.588. The molecule has 0 bridgehead atoms. The van der Waals surface area contributed by atoms with Gasteiger partial charge in [0.15, 0.2) is 5.96 Å². The van der Waals surface area contributed by atoms with E-state index in [-0.39, 0.29) is 24.0 Å². The summed E-state index contributed by atoms with van der Waals surface area (Å²) in [4.78, 5) is 4.67. The van der Waals surface area contributed by atoms with Crippen molar-refractivity contribution in [2.45, 2.75) is 45.7 Å². The number of ether oxygens (including phenoxy) is 1. The Morgan fingerprint density at radius 1 is 1.27 bits per heavy atom. The van der Waals surface area contributed by atoms with Crippen LogP contribution in [0.3, 0.4) is 0 Å². The Hall–Kier alpha value is -0.980. The zero-order valence-corrected chi connectivity index (χ0v) is 16.1. The second-order valence-corrected chi connectivity index (χ2v) is 5.58. The minimum absolute atomic E-state index is 0. The molecule has 1 saturated carbocycles. The van der Waals surface area contributed by atoms with E-state index in [0.29, 0.717) is 12.6 Å². The minimum Gasteiger partial charge on any atom is -0.497 e. The van der Waals surface area contributed by atoms with Crippen molar-refractivity contribution in [1.82, 2.24) is 10.6 Å². The maximum atomic E-state index is 5.17. The van der Waals surface area contributed by atoms with E-state index in [0.717, 1.165) is 24.2 Å². The maximum Gasteiger partial charge on any atom is 0.191 e. The average Bonchev–Trinajstić information content (AvgIpc) is 3.24. The number of nitrogens with one attached hydrogen (secondary N) is 2. The minimum atomic E-state index is 0. The van der Waals surface area contributed by atoms with Crippen LogP contribution in [0.5, 0.6) is 5.75 Å². The van der Waals surface area contributed by atoms with Crippen LogP contribution >= 0.6 is 24.0 Å². The van der Waals surface area contributed by atoms with Crippen LogP contribution in [0.15, 0.2) is 29.3 Å². The zero-order chi connectivity index (χ0) is 15.1. The van der Waals surface area contributed by atoms with Crippen LogP contribution < -0.4 is 15.4 Å². The molecule has 4 nitrogen and oxygen atoms in total. The standard InChI is InChI=1S/C17H27N3O.HI/c1-4-6-14-11-16(14)20-17(18-5-2)19-12-13-7-9-15(21-3)10-8-13;/h7-10,14,16H,4-6,11-12H2,1-3H3,(H2,18,19,20);1H. The van der Waals surface area contributed by atoms with E-state index >= 15 is 0 Å². The Kier molecular flexibility index (Phi) is 8.60. The number of hydrogen-bond acceptors (Lipinski definition) is 2. The molecule has 1 aliphatic carbocycles. The van der Waals surface area contributed by atoms with Crippen LogP contribution in [0.1, 0.15) is 38.7 Å². The van der Waals surface area contributed by atoms with Crippen molar-refractivity contribution < 1.29 is 4.74 Å². The molecule has 1 aromatic rings. The molecular weight excluding hydrogens is 389 g/mol. The SMILES string of the molecule is CCCC1CC1NC(=NCc1ccc(OC)cc1)NCC.I. The molecule has 124 valence electrons. The number of halogens is 1. The smallest absolute Gasteiger partial charge is 0.191 e. The molecule has 0 radical (unpaired) electrons. The molecule has 2 rings (SSSR count). The summed E-state index contributed by atoms with van der Waals surface area (Å²) in [6.07, 6.45) is 3.86. The van der Waals surface area contributed by atoms with E-state index in [1.165, 1.54) is 24.8 Å². The molecule has 2 atom stereocenters. The van der Waals surface area contributed by atoms with Gasteiger partial charge in [-0.05, 0) is 43.4 Å². The summed E-state index contributed by atoms with van der Waals surface area (Å²) in [6.45, 7) is 5.92. The van der Waals surface area contributed by atoms with Gasteiger partial charge in [-0.1, -0.05) is 25.5 Å². The van der Waals surface area contributed by atoms with Crippen molar-refractivity contribution >= 4 is 29.9 Å². The van der Waals surface area contributed by atoms with Gasteiger partial charge in [0.25, 0.3) is 0 Å². The summed E-state index contributed by atoms with van der Waals surface area (Å²) in [5.74, 6) is 2.64. The van der Waals surface area contributed by atoms with Gasteiger partial charge >= 0.3 is 0 Å². The largest absolute Gasteiger partial charge is 0.497 e. The van der Waals surface area contributed by atoms with Gasteiger partial charge in [0.2, 0.25) is 0 Å². The quantitative estimate of drug-likeness (QED) is 0.405. The number of hydrogen-bond donors (Lipinski definition) is 2. The number of methoxy groups -OCH3 is 1. The lowest BCUT2D eigenvalue weighted by molar-refractivity contribution is 0.414. The molecule has 2 unspecified atom stereocenters. The number of guanidine groups is 1. The summed E-state index contributed by atoms with van der Waals surface area (Å²) in [7, 11) is 1.68. The fourth-order valence-corrected chi connectivity index (χ4v) is 2.51. The Labute approximate surface area is 151 Å². The zero-order valence-electron chi connectivity index (χ0n) is 13.8. The third-order valence-corrected chi connectivity index (χ3v) is 3.83. The first-order valence-electron chi connectivity index (χ1n) is 7.94. The Bertz CT molecular complexity index is 461. The topological polar surface area (TPSA) is 45.7 Å². The molecule has 1 aliphatic rings. The van der Waals surface area contributed by atoms with Gasteiger partial charge < -0.3 is 15.4 Å². The van der Waals surface area contributed by atoms with Crippen molar-refractivity contribution in [1.29, 1.82) is 0 Å². The van der Waals surface area contributed by atoms with Crippen LogP contribution in [0.25, 0.3) is 0 Å². The van der Waals surface area contributed by atoms with Gasteiger partial charge in [-0.2, -0.15) is 0 Å². The summed E-state index contributed by atoms with van der Waals surface area (Å²) in [6, 6.07) is 8.68. The van der Waals surface area contributed by atoms with E-state index < -0.39 is 0 Å². The molecule has 22 heavy (non-hydrogen) atoms. The first kappa shape index (κ1) is 19.1. The van der Waals surface area contributed by atoms with Crippen LogP contribution in [0.2, 0.25) is 0 Å². The van der Waals surface area contributed by atoms with Crippen LogP contribution in [-0.2, 0) is 6.54 Å². The molecule has 1 fully saturated rings. The van der Waals surface area contributed by atoms with Gasteiger partial charge in [-0.3, -0.25) is 0 Å². The highest BCUT2D eigenvalue weighted by Gasteiger charge is 2.36. The number of benzene rings is 1. The van der Waals surface area contributed by atoms with Gasteiger partial charge in [0, 0.05) is 12.6 Å². The van der Waals surface area contributed by atoms with Crippen molar-refractivity contribution in [2.75, 3.05) is 13.7 Å². The highest BCUT2D eigenvalue weighted by atomic mass is 127.